The molecule has 23 heavy (non-hydrogen) atoms. The lowest BCUT2D eigenvalue weighted by atomic mass is 10.2. The SMILES string of the molecule is Cn1nc(C(F)(F)F)cc1C(=O)Nc1ccc(C(F)(F)F)cc1. The summed E-state index contributed by atoms with van der Waals surface area (Å²) in [6.45, 7) is 0. The van der Waals surface area contributed by atoms with Crippen molar-refractivity contribution in [1.82, 2.24) is 9.78 Å². The van der Waals surface area contributed by atoms with Crippen molar-refractivity contribution in [2.45, 2.75) is 12.4 Å². The maximum absolute atomic E-state index is 12.5. The topological polar surface area (TPSA) is 46.9 Å². The van der Waals surface area contributed by atoms with Crippen molar-refractivity contribution in [1.29, 1.82) is 0 Å². The number of carbonyl (C=O) groups is 1. The highest BCUT2D eigenvalue weighted by molar-refractivity contribution is 6.03. The molecule has 0 bridgehead atoms. The summed E-state index contributed by atoms with van der Waals surface area (Å²) in [7, 11) is 1.15. The maximum atomic E-state index is 12.5. The van der Waals surface area contributed by atoms with Crippen LogP contribution in [0.4, 0.5) is 32.0 Å². The van der Waals surface area contributed by atoms with Crippen LogP contribution in [-0.2, 0) is 19.4 Å². The first kappa shape index (κ1) is 16.8. The zero-order valence-electron chi connectivity index (χ0n) is 11.5. The van der Waals surface area contributed by atoms with E-state index in [4.69, 9.17) is 0 Å². The minimum Gasteiger partial charge on any atom is -0.321 e. The number of amides is 1. The lowest BCUT2D eigenvalue weighted by molar-refractivity contribution is -0.141. The van der Waals surface area contributed by atoms with Gasteiger partial charge in [-0.05, 0) is 24.3 Å². The third kappa shape index (κ3) is 3.82. The molecule has 0 atom stereocenters. The number of hydrogen-bond donors (Lipinski definition) is 1. The first-order chi connectivity index (χ1) is 10.5. The van der Waals surface area contributed by atoms with Gasteiger partial charge in [0, 0.05) is 18.8 Å². The van der Waals surface area contributed by atoms with Gasteiger partial charge in [-0.3, -0.25) is 9.48 Å². The van der Waals surface area contributed by atoms with Crippen molar-refractivity contribution in [2.75, 3.05) is 5.32 Å². The summed E-state index contributed by atoms with van der Waals surface area (Å²) in [5.41, 5.74) is -2.51. The highest BCUT2D eigenvalue weighted by Gasteiger charge is 2.35. The second-order valence-electron chi connectivity index (χ2n) is 4.57. The molecular weight excluding hydrogens is 328 g/mol. The van der Waals surface area contributed by atoms with Crippen LogP contribution in [0.1, 0.15) is 21.7 Å². The highest BCUT2D eigenvalue weighted by Crippen LogP contribution is 2.30. The van der Waals surface area contributed by atoms with E-state index in [2.05, 4.69) is 10.4 Å². The number of anilines is 1. The van der Waals surface area contributed by atoms with E-state index in [1.807, 2.05) is 0 Å². The summed E-state index contributed by atoms with van der Waals surface area (Å²) in [5.74, 6) is -0.921. The van der Waals surface area contributed by atoms with Crippen LogP contribution in [-0.4, -0.2) is 15.7 Å². The number of halogens is 6. The summed E-state index contributed by atoms with van der Waals surface area (Å²) in [6.07, 6.45) is -9.23. The fraction of sp³-hybridized carbons (Fsp3) is 0.231. The van der Waals surface area contributed by atoms with Gasteiger partial charge in [0.2, 0.25) is 0 Å². The lowest BCUT2D eigenvalue weighted by Gasteiger charge is -2.08. The Kier molecular flexibility index (Phi) is 4.10. The maximum Gasteiger partial charge on any atom is 0.435 e. The number of rotatable bonds is 2. The zero-order chi connectivity index (χ0) is 17.4. The number of aryl methyl sites for hydroxylation is 1. The van der Waals surface area contributed by atoms with Crippen LogP contribution in [0.5, 0.6) is 0 Å². The fourth-order valence-electron chi connectivity index (χ4n) is 1.76. The fourth-order valence-corrected chi connectivity index (χ4v) is 1.76. The van der Waals surface area contributed by atoms with Crippen LogP contribution in [0.3, 0.4) is 0 Å². The Morgan fingerprint density at radius 1 is 1.04 bits per heavy atom. The molecule has 0 aliphatic heterocycles. The van der Waals surface area contributed by atoms with Gasteiger partial charge in [-0.15, -0.1) is 0 Å². The third-order valence-corrected chi connectivity index (χ3v) is 2.87. The number of aromatic nitrogens is 2. The Morgan fingerprint density at radius 3 is 2.04 bits per heavy atom. The van der Waals surface area contributed by atoms with Gasteiger partial charge in [0.25, 0.3) is 5.91 Å². The molecule has 0 saturated carbocycles. The van der Waals surface area contributed by atoms with Crippen LogP contribution in [0.25, 0.3) is 0 Å². The minimum atomic E-state index is -4.70. The molecule has 0 fully saturated rings. The normalized spacial score (nSPS) is 12.3. The van der Waals surface area contributed by atoms with Gasteiger partial charge in [0.15, 0.2) is 5.69 Å². The molecule has 2 rings (SSSR count). The monoisotopic (exact) mass is 337 g/mol. The largest absolute Gasteiger partial charge is 0.435 e. The zero-order valence-corrected chi connectivity index (χ0v) is 11.5. The summed E-state index contributed by atoms with van der Waals surface area (Å²) >= 11 is 0. The van der Waals surface area contributed by atoms with E-state index in [9.17, 15) is 31.1 Å². The van der Waals surface area contributed by atoms with Gasteiger partial charge in [-0.2, -0.15) is 31.4 Å². The van der Waals surface area contributed by atoms with Crippen LogP contribution in [0.2, 0.25) is 0 Å². The summed E-state index contributed by atoms with van der Waals surface area (Å²) in [4.78, 5) is 11.9. The van der Waals surface area contributed by atoms with Gasteiger partial charge in [0.05, 0.1) is 5.56 Å². The van der Waals surface area contributed by atoms with E-state index in [0.29, 0.717) is 6.07 Å². The van der Waals surface area contributed by atoms with Crippen LogP contribution in [0, 0.1) is 0 Å². The van der Waals surface area contributed by atoms with Gasteiger partial charge in [0.1, 0.15) is 5.69 Å². The average Bonchev–Trinajstić information content (AvgIpc) is 2.80. The molecular formula is C13H9F6N3O. The number of nitrogens with one attached hydrogen (secondary N) is 1. The first-order valence-electron chi connectivity index (χ1n) is 6.08. The molecule has 1 N–H and O–H groups in total. The van der Waals surface area contributed by atoms with E-state index in [0.717, 1.165) is 36.0 Å². The second kappa shape index (κ2) is 5.60. The molecule has 0 unspecified atom stereocenters. The van der Waals surface area contributed by atoms with Crippen molar-refractivity contribution >= 4 is 11.6 Å². The van der Waals surface area contributed by atoms with Crippen molar-refractivity contribution in [3.63, 3.8) is 0 Å². The predicted molar refractivity (Wildman–Crippen MR) is 67.6 cm³/mol. The molecule has 0 spiro atoms. The molecule has 10 heteroatoms. The number of nitrogens with zero attached hydrogens (tertiary/aromatic N) is 2. The molecule has 124 valence electrons. The molecule has 1 aromatic heterocycles. The predicted octanol–water partition coefficient (Wildman–Crippen LogP) is 3.71. The minimum absolute atomic E-state index is 0.0118. The summed E-state index contributed by atoms with van der Waals surface area (Å²) in [6, 6.07) is 4.06. The summed E-state index contributed by atoms with van der Waals surface area (Å²) in [5, 5.41) is 5.38. The van der Waals surface area contributed by atoms with E-state index in [1.165, 1.54) is 0 Å². The first-order valence-corrected chi connectivity index (χ1v) is 6.08. The molecule has 1 amide bonds. The molecule has 2 aromatic rings. The Hall–Kier alpha value is -2.52. The van der Waals surface area contributed by atoms with E-state index in [1.54, 1.807) is 0 Å². The molecule has 0 radical (unpaired) electrons. The Morgan fingerprint density at radius 2 is 1.61 bits per heavy atom. The van der Waals surface area contributed by atoms with Gasteiger partial charge in [-0.25, -0.2) is 0 Å². The van der Waals surface area contributed by atoms with Crippen molar-refractivity contribution in [3.8, 4) is 0 Å². The van der Waals surface area contributed by atoms with E-state index >= 15 is 0 Å². The number of hydrogen-bond acceptors (Lipinski definition) is 2. The number of benzene rings is 1. The second-order valence-corrected chi connectivity index (χ2v) is 4.57. The Bertz CT molecular complexity index is 715. The van der Waals surface area contributed by atoms with Crippen molar-refractivity contribution in [3.05, 3.63) is 47.3 Å². The van der Waals surface area contributed by atoms with Crippen LogP contribution < -0.4 is 5.32 Å². The van der Waals surface area contributed by atoms with Crippen LogP contribution >= 0.6 is 0 Å². The van der Waals surface area contributed by atoms with Crippen molar-refractivity contribution < 1.29 is 31.1 Å². The number of carbonyl (C=O) groups excluding carboxylic acids is 1. The molecule has 1 heterocycles. The molecule has 0 aliphatic carbocycles. The molecule has 4 nitrogen and oxygen atoms in total. The third-order valence-electron chi connectivity index (χ3n) is 2.87. The summed E-state index contributed by atoms with van der Waals surface area (Å²) < 4.78 is 75.5. The van der Waals surface area contributed by atoms with Crippen molar-refractivity contribution in [2.24, 2.45) is 7.05 Å². The molecule has 0 saturated heterocycles. The standard InChI is InChI=1S/C13H9F6N3O/c1-22-9(6-10(21-22)13(17,18)19)11(23)20-8-4-2-7(3-5-8)12(14,15)16/h2-6H,1H3,(H,20,23). The molecule has 1 aromatic carbocycles. The number of alkyl halides is 6. The molecule has 0 aliphatic rings. The van der Waals surface area contributed by atoms with E-state index in [-0.39, 0.29) is 11.4 Å². The Labute approximate surface area is 125 Å². The Balaban J connectivity index is 2.18. The smallest absolute Gasteiger partial charge is 0.321 e. The highest BCUT2D eigenvalue weighted by atomic mass is 19.4. The quantitative estimate of drug-likeness (QED) is 0.849. The van der Waals surface area contributed by atoms with Crippen LogP contribution in [0.15, 0.2) is 30.3 Å². The average molecular weight is 337 g/mol. The van der Waals surface area contributed by atoms with Gasteiger partial charge >= 0.3 is 12.4 Å². The lowest BCUT2D eigenvalue weighted by Crippen LogP contribution is -2.16. The van der Waals surface area contributed by atoms with Gasteiger partial charge < -0.3 is 5.32 Å². The van der Waals surface area contributed by atoms with Gasteiger partial charge in [-0.1, -0.05) is 0 Å². The van der Waals surface area contributed by atoms with E-state index < -0.39 is 29.5 Å².